The van der Waals surface area contributed by atoms with Gasteiger partial charge in [0.05, 0.1) is 17.5 Å². The van der Waals surface area contributed by atoms with Gasteiger partial charge in [-0.25, -0.2) is 9.78 Å². The first-order chi connectivity index (χ1) is 14.9. The van der Waals surface area contributed by atoms with Gasteiger partial charge in [0, 0.05) is 17.9 Å². The number of halogens is 1. The van der Waals surface area contributed by atoms with Gasteiger partial charge in [0.1, 0.15) is 5.82 Å². The van der Waals surface area contributed by atoms with Gasteiger partial charge in [-0.15, -0.1) is 0 Å². The fourth-order valence-corrected chi connectivity index (χ4v) is 4.23. The molecule has 166 valence electrons. The van der Waals surface area contributed by atoms with Gasteiger partial charge < -0.3 is 4.74 Å². The van der Waals surface area contributed by atoms with Crippen molar-refractivity contribution in [2.45, 2.75) is 58.4 Å². The molecule has 0 bridgehead atoms. The molecular formula is C24H30ClN3O3. The number of rotatable bonds is 6. The molecule has 0 unspecified atom stereocenters. The minimum Gasteiger partial charge on any atom is -0.466 e. The minimum atomic E-state index is -0.234. The molecule has 1 fully saturated rings. The molecule has 0 radical (unpaired) electrons. The first-order valence-electron chi connectivity index (χ1n) is 10.9. The zero-order valence-corrected chi connectivity index (χ0v) is 19.1. The molecule has 7 heteroatoms. The summed E-state index contributed by atoms with van der Waals surface area (Å²) in [5.41, 5.74) is 2.00. The standard InChI is InChI=1S/C24H30ClN3O3/c1-4-31-23(29)17-9-12-19(13-10-17)28(21-8-6-5-7-20(21)16(2)3)24(30)27-22-14-11-18(25)15-26-22/h5-8,11,14-17,19H,4,9-10,12-13H2,1-3H3,(H,26,27,30). The summed E-state index contributed by atoms with van der Waals surface area (Å²) in [5.74, 6) is 0.474. The van der Waals surface area contributed by atoms with Gasteiger partial charge in [0.2, 0.25) is 0 Å². The average molecular weight is 444 g/mol. The SMILES string of the molecule is CCOC(=O)C1CCC(N(C(=O)Nc2ccc(Cl)cn2)c2ccccc2C(C)C)CC1. The van der Waals surface area contributed by atoms with E-state index in [0.29, 0.717) is 30.3 Å². The van der Waals surface area contributed by atoms with Crippen molar-refractivity contribution in [3.63, 3.8) is 0 Å². The van der Waals surface area contributed by atoms with Crippen molar-refractivity contribution in [2.75, 3.05) is 16.8 Å². The molecule has 0 atom stereocenters. The van der Waals surface area contributed by atoms with Gasteiger partial charge >= 0.3 is 12.0 Å². The van der Waals surface area contributed by atoms with E-state index in [9.17, 15) is 9.59 Å². The van der Waals surface area contributed by atoms with E-state index in [4.69, 9.17) is 16.3 Å². The predicted octanol–water partition coefficient (Wildman–Crippen LogP) is 6.02. The van der Waals surface area contributed by atoms with Gasteiger partial charge in [-0.2, -0.15) is 0 Å². The Labute approximate surface area is 188 Å². The lowest BCUT2D eigenvalue weighted by molar-refractivity contribution is -0.149. The highest BCUT2D eigenvalue weighted by Crippen LogP contribution is 2.35. The number of amides is 2. The smallest absolute Gasteiger partial charge is 0.327 e. The second-order valence-electron chi connectivity index (χ2n) is 8.13. The van der Waals surface area contributed by atoms with Crippen LogP contribution in [0.2, 0.25) is 5.02 Å². The van der Waals surface area contributed by atoms with Crippen molar-refractivity contribution in [2.24, 2.45) is 5.92 Å². The molecule has 1 heterocycles. The first kappa shape index (κ1) is 23.1. The number of esters is 1. The Morgan fingerprint density at radius 3 is 2.48 bits per heavy atom. The lowest BCUT2D eigenvalue weighted by Gasteiger charge is -2.37. The number of urea groups is 1. The number of carbonyl (C=O) groups excluding carboxylic acids is 2. The van der Waals surface area contributed by atoms with E-state index in [0.717, 1.165) is 24.1 Å². The summed E-state index contributed by atoms with van der Waals surface area (Å²) in [5, 5.41) is 3.42. The molecule has 6 nitrogen and oxygen atoms in total. The van der Waals surface area contributed by atoms with Gasteiger partial charge in [0.25, 0.3) is 0 Å². The van der Waals surface area contributed by atoms with Crippen LogP contribution < -0.4 is 10.2 Å². The van der Waals surface area contributed by atoms with E-state index in [2.05, 4.69) is 30.2 Å². The molecular weight excluding hydrogens is 414 g/mol. The highest BCUT2D eigenvalue weighted by atomic mass is 35.5. The van der Waals surface area contributed by atoms with Gasteiger partial charge in [-0.3, -0.25) is 15.0 Å². The molecule has 0 saturated heterocycles. The average Bonchev–Trinajstić information content (AvgIpc) is 2.76. The molecule has 1 N–H and O–H groups in total. The number of para-hydroxylation sites is 1. The zero-order valence-electron chi connectivity index (χ0n) is 18.3. The highest BCUT2D eigenvalue weighted by Gasteiger charge is 2.34. The van der Waals surface area contributed by atoms with Crippen molar-refractivity contribution in [3.05, 3.63) is 53.2 Å². The molecule has 1 aliphatic rings. The van der Waals surface area contributed by atoms with Crippen LogP contribution in [0.4, 0.5) is 16.3 Å². The minimum absolute atomic E-state index is 0.0159. The summed E-state index contributed by atoms with van der Waals surface area (Å²) in [6.45, 7) is 6.45. The summed E-state index contributed by atoms with van der Waals surface area (Å²) in [4.78, 5) is 31.6. The molecule has 1 saturated carbocycles. The Morgan fingerprint density at radius 2 is 1.87 bits per heavy atom. The Bertz CT molecular complexity index is 893. The Kier molecular flexibility index (Phi) is 7.91. The van der Waals surface area contributed by atoms with Crippen LogP contribution in [0.3, 0.4) is 0 Å². The van der Waals surface area contributed by atoms with E-state index in [1.807, 2.05) is 30.0 Å². The molecule has 1 aromatic carbocycles. The second-order valence-corrected chi connectivity index (χ2v) is 8.57. The molecule has 0 spiro atoms. The number of anilines is 2. The van der Waals surface area contributed by atoms with Crippen LogP contribution in [-0.4, -0.2) is 29.6 Å². The van der Waals surface area contributed by atoms with E-state index in [1.54, 1.807) is 12.1 Å². The lowest BCUT2D eigenvalue weighted by Crippen LogP contribution is -2.46. The maximum absolute atomic E-state index is 13.4. The van der Waals surface area contributed by atoms with Crippen molar-refractivity contribution >= 4 is 35.1 Å². The Morgan fingerprint density at radius 1 is 1.16 bits per heavy atom. The molecule has 1 aliphatic carbocycles. The topological polar surface area (TPSA) is 71.5 Å². The van der Waals surface area contributed by atoms with Crippen LogP contribution >= 0.6 is 11.6 Å². The number of hydrogen-bond acceptors (Lipinski definition) is 4. The van der Waals surface area contributed by atoms with Crippen molar-refractivity contribution in [3.8, 4) is 0 Å². The van der Waals surface area contributed by atoms with E-state index >= 15 is 0 Å². The van der Waals surface area contributed by atoms with Crippen LogP contribution in [0.25, 0.3) is 0 Å². The maximum Gasteiger partial charge on any atom is 0.327 e. The zero-order chi connectivity index (χ0) is 22.4. The molecule has 1 aromatic heterocycles. The summed E-state index contributed by atoms with van der Waals surface area (Å²) >= 11 is 5.92. The number of pyridine rings is 1. The number of benzene rings is 1. The molecule has 2 aromatic rings. The largest absolute Gasteiger partial charge is 0.466 e. The number of nitrogens with zero attached hydrogens (tertiary/aromatic N) is 2. The van der Waals surface area contributed by atoms with E-state index in [-0.39, 0.29) is 29.9 Å². The lowest BCUT2D eigenvalue weighted by atomic mass is 9.84. The van der Waals surface area contributed by atoms with Crippen LogP contribution in [-0.2, 0) is 9.53 Å². The number of carbonyl (C=O) groups is 2. The van der Waals surface area contributed by atoms with Gasteiger partial charge in [0.15, 0.2) is 0 Å². The molecule has 3 rings (SSSR count). The highest BCUT2D eigenvalue weighted by molar-refractivity contribution is 6.30. The Balaban J connectivity index is 1.86. The van der Waals surface area contributed by atoms with Crippen molar-refractivity contribution in [1.29, 1.82) is 0 Å². The first-order valence-corrected chi connectivity index (χ1v) is 11.3. The number of nitrogens with one attached hydrogen (secondary N) is 1. The summed E-state index contributed by atoms with van der Waals surface area (Å²) in [6, 6.07) is 11.1. The van der Waals surface area contributed by atoms with Gasteiger partial charge in [-0.1, -0.05) is 43.6 Å². The molecule has 0 aliphatic heterocycles. The predicted molar refractivity (Wildman–Crippen MR) is 124 cm³/mol. The maximum atomic E-state index is 13.4. The fraction of sp³-hybridized carbons (Fsp3) is 0.458. The summed E-state index contributed by atoms with van der Waals surface area (Å²) in [7, 11) is 0. The number of hydrogen-bond donors (Lipinski definition) is 1. The van der Waals surface area contributed by atoms with Crippen molar-refractivity contribution < 1.29 is 14.3 Å². The van der Waals surface area contributed by atoms with Gasteiger partial charge in [-0.05, 0) is 62.3 Å². The van der Waals surface area contributed by atoms with Crippen LogP contribution in [0.15, 0.2) is 42.6 Å². The fourth-order valence-electron chi connectivity index (χ4n) is 4.12. The molecule has 31 heavy (non-hydrogen) atoms. The third-order valence-corrected chi connectivity index (χ3v) is 5.90. The quantitative estimate of drug-likeness (QED) is 0.554. The van der Waals surface area contributed by atoms with Crippen LogP contribution in [0, 0.1) is 5.92 Å². The van der Waals surface area contributed by atoms with Crippen LogP contribution in [0.1, 0.15) is 57.9 Å². The monoisotopic (exact) mass is 443 g/mol. The molecule has 2 amide bonds. The third-order valence-electron chi connectivity index (χ3n) is 5.68. The Hall–Kier alpha value is -2.60. The van der Waals surface area contributed by atoms with E-state index in [1.165, 1.54) is 6.20 Å². The number of ether oxygens (including phenoxy) is 1. The number of aromatic nitrogens is 1. The second kappa shape index (κ2) is 10.6. The van der Waals surface area contributed by atoms with Crippen LogP contribution in [0.5, 0.6) is 0 Å². The summed E-state index contributed by atoms with van der Waals surface area (Å²) in [6.07, 6.45) is 4.38. The third kappa shape index (κ3) is 5.76. The van der Waals surface area contributed by atoms with Crippen molar-refractivity contribution in [1.82, 2.24) is 4.98 Å². The summed E-state index contributed by atoms with van der Waals surface area (Å²) < 4.78 is 5.20. The normalized spacial score (nSPS) is 18.5. The van der Waals surface area contributed by atoms with E-state index < -0.39 is 0 Å².